The largest absolute Gasteiger partial charge is 0.371 e. The van der Waals surface area contributed by atoms with Crippen molar-refractivity contribution in [1.29, 1.82) is 0 Å². The van der Waals surface area contributed by atoms with Gasteiger partial charge < -0.3 is 10.2 Å². The summed E-state index contributed by atoms with van der Waals surface area (Å²) in [6, 6.07) is 6.66. The molecule has 1 aromatic carbocycles. The van der Waals surface area contributed by atoms with Crippen molar-refractivity contribution < 1.29 is 0 Å². The number of nitrogens with one attached hydrogen (secondary N) is 1. The van der Waals surface area contributed by atoms with Crippen molar-refractivity contribution in [3.05, 3.63) is 28.2 Å². The van der Waals surface area contributed by atoms with E-state index in [0.717, 1.165) is 11.0 Å². The molecule has 0 amide bonds. The van der Waals surface area contributed by atoms with E-state index < -0.39 is 0 Å². The fourth-order valence-corrected chi connectivity index (χ4v) is 3.57. The van der Waals surface area contributed by atoms with Crippen LogP contribution in [0.2, 0.25) is 0 Å². The molecule has 0 unspecified atom stereocenters. The quantitative estimate of drug-likeness (QED) is 0.873. The van der Waals surface area contributed by atoms with Gasteiger partial charge in [-0.15, -0.1) is 0 Å². The van der Waals surface area contributed by atoms with E-state index in [1.807, 2.05) is 7.05 Å². The summed E-state index contributed by atoms with van der Waals surface area (Å²) in [5, 5.41) is 3.28. The van der Waals surface area contributed by atoms with Gasteiger partial charge in [-0.2, -0.15) is 0 Å². The van der Waals surface area contributed by atoms with Crippen LogP contribution in [0.4, 0.5) is 5.69 Å². The Labute approximate surface area is 125 Å². The Bertz CT molecular complexity index is 427. The smallest absolute Gasteiger partial charge is 0.0412 e. The lowest BCUT2D eigenvalue weighted by atomic mass is 9.82. The minimum atomic E-state index is 0.532. The summed E-state index contributed by atoms with van der Waals surface area (Å²) in [5.41, 5.74) is 3.32. The highest BCUT2D eigenvalue weighted by Crippen LogP contribution is 2.40. The summed E-state index contributed by atoms with van der Waals surface area (Å²) in [4.78, 5) is 2.58. The van der Waals surface area contributed by atoms with Crippen LogP contribution in [-0.4, -0.2) is 20.1 Å². The lowest BCUT2D eigenvalue weighted by Crippen LogP contribution is -2.27. The van der Waals surface area contributed by atoms with Crippen LogP contribution in [0.1, 0.15) is 38.7 Å². The Balaban J connectivity index is 2.23. The lowest BCUT2D eigenvalue weighted by Gasteiger charge is -2.28. The molecule has 1 saturated heterocycles. The van der Waals surface area contributed by atoms with Crippen LogP contribution in [0.5, 0.6) is 0 Å². The Morgan fingerprint density at radius 2 is 2.05 bits per heavy atom. The molecule has 106 valence electrons. The highest BCUT2D eigenvalue weighted by Gasteiger charge is 2.35. The molecule has 3 heteroatoms. The monoisotopic (exact) mass is 324 g/mol. The maximum atomic E-state index is 3.58. The van der Waals surface area contributed by atoms with Gasteiger partial charge in [0, 0.05) is 29.8 Å². The summed E-state index contributed by atoms with van der Waals surface area (Å²) in [5.74, 6) is 0. The SMILES string of the molecule is CCC1(CC)CCN(c2ccc(Br)cc2CNC)C1. The maximum absolute atomic E-state index is 3.58. The molecule has 2 rings (SSSR count). The molecule has 19 heavy (non-hydrogen) atoms. The molecule has 0 spiro atoms. The van der Waals surface area contributed by atoms with Crippen molar-refractivity contribution in [3.63, 3.8) is 0 Å². The van der Waals surface area contributed by atoms with Crippen LogP contribution in [0.3, 0.4) is 0 Å². The zero-order chi connectivity index (χ0) is 13.9. The predicted octanol–water partition coefficient (Wildman–Crippen LogP) is 4.19. The van der Waals surface area contributed by atoms with E-state index in [-0.39, 0.29) is 0 Å². The third-order valence-electron chi connectivity index (χ3n) is 4.69. The average Bonchev–Trinajstić information content (AvgIpc) is 2.84. The molecule has 1 aliphatic heterocycles. The Hall–Kier alpha value is -0.540. The first-order valence-electron chi connectivity index (χ1n) is 7.32. The molecule has 0 atom stereocenters. The molecule has 0 saturated carbocycles. The molecule has 1 N–H and O–H groups in total. The van der Waals surface area contributed by atoms with E-state index in [0.29, 0.717) is 5.41 Å². The van der Waals surface area contributed by atoms with Gasteiger partial charge in [-0.25, -0.2) is 0 Å². The summed E-state index contributed by atoms with van der Waals surface area (Å²) in [6.45, 7) is 8.00. The first-order chi connectivity index (χ1) is 9.14. The van der Waals surface area contributed by atoms with E-state index in [2.05, 4.69) is 58.2 Å². The van der Waals surface area contributed by atoms with E-state index in [9.17, 15) is 0 Å². The topological polar surface area (TPSA) is 15.3 Å². The van der Waals surface area contributed by atoms with Gasteiger partial charge in [-0.1, -0.05) is 29.8 Å². The molecule has 1 aromatic rings. The number of rotatable bonds is 5. The van der Waals surface area contributed by atoms with Crippen LogP contribution in [0, 0.1) is 5.41 Å². The van der Waals surface area contributed by atoms with Crippen LogP contribution in [-0.2, 0) is 6.54 Å². The molecule has 1 fully saturated rings. The molecular weight excluding hydrogens is 300 g/mol. The standard InChI is InChI=1S/C16H25BrN2/c1-4-16(5-2)8-9-19(12-16)15-7-6-14(17)10-13(15)11-18-3/h6-7,10,18H,4-5,8-9,11-12H2,1-3H3. The first-order valence-corrected chi connectivity index (χ1v) is 8.11. The van der Waals surface area contributed by atoms with Crippen molar-refractivity contribution in [2.45, 2.75) is 39.7 Å². The van der Waals surface area contributed by atoms with Gasteiger partial charge in [0.15, 0.2) is 0 Å². The van der Waals surface area contributed by atoms with Gasteiger partial charge in [-0.05, 0) is 55.5 Å². The summed E-state index contributed by atoms with van der Waals surface area (Å²) in [6.07, 6.45) is 3.91. The van der Waals surface area contributed by atoms with Crippen LogP contribution in [0.25, 0.3) is 0 Å². The number of nitrogens with zero attached hydrogens (tertiary/aromatic N) is 1. The molecule has 0 radical (unpaired) electrons. The number of halogens is 1. The van der Waals surface area contributed by atoms with E-state index in [1.54, 1.807) is 0 Å². The number of benzene rings is 1. The molecule has 0 aromatic heterocycles. The van der Waals surface area contributed by atoms with E-state index in [1.165, 1.54) is 43.6 Å². The lowest BCUT2D eigenvalue weighted by molar-refractivity contribution is 0.301. The highest BCUT2D eigenvalue weighted by molar-refractivity contribution is 9.10. The Morgan fingerprint density at radius 1 is 1.32 bits per heavy atom. The third-order valence-corrected chi connectivity index (χ3v) is 5.18. The third kappa shape index (κ3) is 3.14. The molecular formula is C16H25BrN2. The maximum Gasteiger partial charge on any atom is 0.0412 e. The number of anilines is 1. The zero-order valence-corrected chi connectivity index (χ0v) is 13.9. The summed E-state index contributed by atoms with van der Waals surface area (Å²) >= 11 is 3.58. The second-order valence-electron chi connectivity index (χ2n) is 5.68. The van der Waals surface area contributed by atoms with Crippen molar-refractivity contribution in [2.75, 3.05) is 25.0 Å². The van der Waals surface area contributed by atoms with Gasteiger partial charge in [-0.3, -0.25) is 0 Å². The molecule has 1 heterocycles. The van der Waals surface area contributed by atoms with Gasteiger partial charge in [0.1, 0.15) is 0 Å². The number of hydrogen-bond acceptors (Lipinski definition) is 2. The second-order valence-corrected chi connectivity index (χ2v) is 6.60. The van der Waals surface area contributed by atoms with Crippen molar-refractivity contribution >= 4 is 21.6 Å². The minimum absolute atomic E-state index is 0.532. The second kappa shape index (κ2) is 6.27. The zero-order valence-electron chi connectivity index (χ0n) is 12.3. The van der Waals surface area contributed by atoms with Crippen LogP contribution in [0.15, 0.2) is 22.7 Å². The molecule has 0 aliphatic carbocycles. The Kier molecular flexibility index (Phi) is 4.91. The van der Waals surface area contributed by atoms with Gasteiger partial charge in [0.05, 0.1) is 0 Å². The van der Waals surface area contributed by atoms with E-state index in [4.69, 9.17) is 0 Å². The van der Waals surface area contributed by atoms with Crippen molar-refractivity contribution in [2.24, 2.45) is 5.41 Å². The van der Waals surface area contributed by atoms with Gasteiger partial charge in [0.2, 0.25) is 0 Å². The fraction of sp³-hybridized carbons (Fsp3) is 0.625. The first kappa shape index (κ1) is 14.9. The normalized spacial score (nSPS) is 18.0. The van der Waals surface area contributed by atoms with Crippen LogP contribution >= 0.6 is 15.9 Å². The predicted molar refractivity (Wildman–Crippen MR) is 86.8 cm³/mol. The molecule has 0 bridgehead atoms. The van der Waals surface area contributed by atoms with Crippen molar-refractivity contribution in [1.82, 2.24) is 5.32 Å². The summed E-state index contributed by atoms with van der Waals surface area (Å²) < 4.78 is 1.16. The molecule has 2 nitrogen and oxygen atoms in total. The van der Waals surface area contributed by atoms with Crippen molar-refractivity contribution in [3.8, 4) is 0 Å². The molecule has 1 aliphatic rings. The van der Waals surface area contributed by atoms with Gasteiger partial charge >= 0.3 is 0 Å². The Morgan fingerprint density at radius 3 is 2.63 bits per heavy atom. The van der Waals surface area contributed by atoms with E-state index >= 15 is 0 Å². The van der Waals surface area contributed by atoms with Crippen LogP contribution < -0.4 is 10.2 Å². The average molecular weight is 325 g/mol. The summed E-state index contributed by atoms with van der Waals surface area (Å²) in [7, 11) is 2.01. The highest BCUT2D eigenvalue weighted by atomic mass is 79.9. The van der Waals surface area contributed by atoms with Gasteiger partial charge in [0.25, 0.3) is 0 Å². The fourth-order valence-electron chi connectivity index (χ4n) is 3.16. The minimum Gasteiger partial charge on any atom is -0.371 e. The number of hydrogen-bond donors (Lipinski definition) is 1.